The van der Waals surface area contributed by atoms with Gasteiger partial charge in [-0.15, -0.1) is 11.6 Å². The van der Waals surface area contributed by atoms with E-state index in [4.69, 9.17) is 11.6 Å². The van der Waals surface area contributed by atoms with Crippen molar-refractivity contribution in [3.05, 3.63) is 27.7 Å². The summed E-state index contributed by atoms with van der Waals surface area (Å²) in [5, 5.41) is 2.90. The van der Waals surface area contributed by atoms with E-state index in [1.165, 1.54) is 5.56 Å². The summed E-state index contributed by atoms with van der Waals surface area (Å²) in [5.41, 5.74) is 3.08. The van der Waals surface area contributed by atoms with E-state index in [0.29, 0.717) is 18.7 Å². The first-order valence-corrected chi connectivity index (χ1v) is 6.50. The molecule has 1 aromatic carbocycles. The lowest BCUT2D eigenvalue weighted by molar-refractivity contribution is -0.116. The molecule has 1 N–H and O–H groups in total. The molecule has 0 atom stereocenters. The van der Waals surface area contributed by atoms with Crippen molar-refractivity contribution in [2.75, 3.05) is 11.2 Å². The van der Waals surface area contributed by atoms with Crippen LogP contribution in [0.15, 0.2) is 16.6 Å². The first-order valence-electron chi connectivity index (χ1n) is 5.17. The van der Waals surface area contributed by atoms with Gasteiger partial charge in [0.05, 0.1) is 5.69 Å². The summed E-state index contributed by atoms with van der Waals surface area (Å²) in [5.74, 6) is 0.523. The van der Waals surface area contributed by atoms with E-state index in [-0.39, 0.29) is 5.91 Å². The number of rotatable bonds is 4. The number of aryl methyl sites for hydroxylation is 2. The molecule has 88 valence electrons. The second-order valence-corrected chi connectivity index (χ2v) is 5.01. The van der Waals surface area contributed by atoms with E-state index in [9.17, 15) is 4.79 Å². The van der Waals surface area contributed by atoms with Crippen LogP contribution in [0.1, 0.15) is 24.0 Å². The van der Waals surface area contributed by atoms with Crippen LogP contribution < -0.4 is 5.32 Å². The fraction of sp³-hybridized carbons (Fsp3) is 0.417. The first kappa shape index (κ1) is 13.5. The zero-order valence-electron chi connectivity index (χ0n) is 9.44. The molecule has 0 aliphatic rings. The highest BCUT2D eigenvalue weighted by molar-refractivity contribution is 9.10. The van der Waals surface area contributed by atoms with Crippen LogP contribution in [0, 0.1) is 13.8 Å². The van der Waals surface area contributed by atoms with Crippen molar-refractivity contribution in [2.24, 2.45) is 0 Å². The van der Waals surface area contributed by atoms with E-state index in [0.717, 1.165) is 15.7 Å². The van der Waals surface area contributed by atoms with E-state index in [1.54, 1.807) is 0 Å². The zero-order chi connectivity index (χ0) is 12.1. The molecule has 0 bridgehead atoms. The van der Waals surface area contributed by atoms with Crippen molar-refractivity contribution in [1.82, 2.24) is 0 Å². The second-order valence-electron chi connectivity index (χ2n) is 3.78. The molecule has 0 unspecified atom stereocenters. The molecule has 0 heterocycles. The average molecular weight is 305 g/mol. The van der Waals surface area contributed by atoms with Gasteiger partial charge in [0.15, 0.2) is 0 Å². The van der Waals surface area contributed by atoms with Crippen LogP contribution in [0.2, 0.25) is 0 Å². The van der Waals surface area contributed by atoms with Crippen molar-refractivity contribution in [2.45, 2.75) is 26.7 Å². The van der Waals surface area contributed by atoms with Gasteiger partial charge in [-0.3, -0.25) is 4.79 Å². The summed E-state index contributed by atoms with van der Waals surface area (Å²) in [7, 11) is 0. The number of anilines is 1. The Bertz CT molecular complexity index is 370. The largest absolute Gasteiger partial charge is 0.325 e. The van der Waals surface area contributed by atoms with Gasteiger partial charge in [0.2, 0.25) is 5.91 Å². The van der Waals surface area contributed by atoms with E-state index >= 15 is 0 Å². The Morgan fingerprint density at radius 2 is 2.12 bits per heavy atom. The smallest absolute Gasteiger partial charge is 0.224 e. The number of alkyl halides is 1. The minimum Gasteiger partial charge on any atom is -0.325 e. The quantitative estimate of drug-likeness (QED) is 0.836. The Labute approximate surface area is 110 Å². The molecule has 0 saturated heterocycles. The molecule has 1 aromatic rings. The summed E-state index contributed by atoms with van der Waals surface area (Å²) < 4.78 is 0.921. The summed E-state index contributed by atoms with van der Waals surface area (Å²) in [6, 6.07) is 4.03. The van der Waals surface area contributed by atoms with E-state index < -0.39 is 0 Å². The minimum absolute atomic E-state index is 0.00769. The van der Waals surface area contributed by atoms with Gasteiger partial charge in [-0.05, 0) is 53.4 Å². The third-order valence-corrected chi connectivity index (χ3v) is 3.13. The number of amides is 1. The predicted octanol–water partition coefficient (Wildman–Crippen LogP) is 4.02. The fourth-order valence-corrected chi connectivity index (χ4v) is 2.41. The van der Waals surface area contributed by atoms with Crippen LogP contribution >= 0.6 is 27.5 Å². The number of carbonyl (C=O) groups excluding carboxylic acids is 1. The zero-order valence-corrected chi connectivity index (χ0v) is 11.8. The Hall–Kier alpha value is -0.540. The Kier molecular flexibility index (Phi) is 5.29. The molecule has 4 heteroatoms. The summed E-state index contributed by atoms with van der Waals surface area (Å²) in [6.07, 6.45) is 1.17. The van der Waals surface area contributed by atoms with Crippen LogP contribution in [0.25, 0.3) is 0 Å². The highest BCUT2D eigenvalue weighted by atomic mass is 79.9. The molecular formula is C12H15BrClNO. The van der Waals surface area contributed by atoms with E-state index in [2.05, 4.69) is 21.2 Å². The van der Waals surface area contributed by atoms with Crippen LogP contribution in [-0.2, 0) is 4.79 Å². The summed E-state index contributed by atoms with van der Waals surface area (Å²) >= 11 is 9.00. The topological polar surface area (TPSA) is 29.1 Å². The average Bonchev–Trinajstić information content (AvgIpc) is 2.20. The highest BCUT2D eigenvalue weighted by Crippen LogP contribution is 2.27. The number of hydrogen-bond donors (Lipinski definition) is 1. The minimum atomic E-state index is 0.00769. The number of hydrogen-bond acceptors (Lipinski definition) is 1. The standard InChI is InChI=1S/C12H15BrClNO/c1-8-6-9(2)12(10(13)7-8)15-11(16)4-3-5-14/h6-7H,3-5H2,1-2H3,(H,15,16). The van der Waals surface area contributed by atoms with Gasteiger partial charge in [0.25, 0.3) is 0 Å². The van der Waals surface area contributed by atoms with Crippen molar-refractivity contribution < 1.29 is 4.79 Å². The molecule has 0 fully saturated rings. The van der Waals surface area contributed by atoms with Gasteiger partial charge < -0.3 is 5.32 Å². The Morgan fingerprint density at radius 1 is 1.44 bits per heavy atom. The second kappa shape index (κ2) is 6.26. The monoisotopic (exact) mass is 303 g/mol. The maximum atomic E-state index is 11.6. The van der Waals surface area contributed by atoms with Crippen LogP contribution in [0.3, 0.4) is 0 Å². The van der Waals surface area contributed by atoms with Gasteiger partial charge in [0, 0.05) is 16.8 Å². The number of nitrogens with one attached hydrogen (secondary N) is 1. The van der Waals surface area contributed by atoms with Gasteiger partial charge in [-0.1, -0.05) is 6.07 Å². The maximum Gasteiger partial charge on any atom is 0.224 e. The van der Waals surface area contributed by atoms with Crippen molar-refractivity contribution >= 4 is 39.1 Å². The number of halogens is 2. The summed E-state index contributed by atoms with van der Waals surface area (Å²) in [4.78, 5) is 11.6. The lowest BCUT2D eigenvalue weighted by Gasteiger charge is -2.11. The molecular weight excluding hydrogens is 289 g/mol. The van der Waals surface area contributed by atoms with Crippen molar-refractivity contribution in [1.29, 1.82) is 0 Å². The molecule has 0 aromatic heterocycles. The fourth-order valence-electron chi connectivity index (χ4n) is 1.50. The molecule has 1 amide bonds. The Morgan fingerprint density at radius 3 is 2.69 bits per heavy atom. The number of carbonyl (C=O) groups is 1. The van der Waals surface area contributed by atoms with E-state index in [1.807, 2.05) is 26.0 Å². The van der Waals surface area contributed by atoms with Gasteiger partial charge in [-0.2, -0.15) is 0 Å². The van der Waals surface area contributed by atoms with Crippen molar-refractivity contribution in [3.8, 4) is 0 Å². The first-order chi connectivity index (χ1) is 7.54. The molecule has 0 spiro atoms. The predicted molar refractivity (Wildman–Crippen MR) is 72.2 cm³/mol. The lowest BCUT2D eigenvalue weighted by atomic mass is 10.1. The lowest BCUT2D eigenvalue weighted by Crippen LogP contribution is -2.12. The van der Waals surface area contributed by atoms with Crippen LogP contribution in [0.4, 0.5) is 5.69 Å². The molecule has 0 radical (unpaired) electrons. The molecule has 0 aliphatic heterocycles. The molecule has 2 nitrogen and oxygen atoms in total. The third kappa shape index (κ3) is 3.80. The van der Waals surface area contributed by atoms with Gasteiger partial charge >= 0.3 is 0 Å². The highest BCUT2D eigenvalue weighted by Gasteiger charge is 2.08. The summed E-state index contributed by atoms with van der Waals surface area (Å²) in [6.45, 7) is 4.01. The molecule has 0 saturated carbocycles. The number of benzene rings is 1. The maximum absolute atomic E-state index is 11.6. The third-order valence-electron chi connectivity index (χ3n) is 2.23. The SMILES string of the molecule is Cc1cc(C)c(NC(=O)CCCCl)c(Br)c1. The van der Waals surface area contributed by atoms with Gasteiger partial charge in [0.1, 0.15) is 0 Å². The van der Waals surface area contributed by atoms with Crippen molar-refractivity contribution in [3.63, 3.8) is 0 Å². The van der Waals surface area contributed by atoms with Crippen LogP contribution in [-0.4, -0.2) is 11.8 Å². The Balaban J connectivity index is 2.77. The molecule has 16 heavy (non-hydrogen) atoms. The van der Waals surface area contributed by atoms with Gasteiger partial charge in [-0.25, -0.2) is 0 Å². The molecule has 0 aliphatic carbocycles. The molecule has 1 rings (SSSR count). The van der Waals surface area contributed by atoms with Crippen LogP contribution in [0.5, 0.6) is 0 Å². The normalized spacial score (nSPS) is 10.2.